The highest BCUT2D eigenvalue weighted by molar-refractivity contribution is 5.76. The van der Waals surface area contributed by atoms with E-state index >= 15 is 0 Å². The van der Waals surface area contributed by atoms with Crippen molar-refractivity contribution in [2.24, 2.45) is 0 Å². The molecule has 1 fully saturated rings. The Kier molecular flexibility index (Phi) is 6.22. The third kappa shape index (κ3) is 4.65. The number of aromatic nitrogens is 4. The summed E-state index contributed by atoms with van der Waals surface area (Å²) in [6.45, 7) is 0.896. The molecule has 0 N–H and O–H groups in total. The molecule has 0 spiro atoms. The molecule has 0 saturated carbocycles. The van der Waals surface area contributed by atoms with Crippen molar-refractivity contribution in [2.75, 3.05) is 38.7 Å². The van der Waals surface area contributed by atoms with Crippen LogP contribution in [0.5, 0.6) is 0 Å². The predicted molar refractivity (Wildman–Crippen MR) is 116 cm³/mol. The summed E-state index contributed by atoms with van der Waals surface area (Å²) in [6, 6.07) is 7.68. The molecule has 0 radical (unpaired) electrons. The number of carbonyl (C=O) groups is 1. The van der Waals surface area contributed by atoms with Gasteiger partial charge in [-0.05, 0) is 23.8 Å². The number of halogens is 1. The van der Waals surface area contributed by atoms with Crippen LogP contribution >= 0.6 is 0 Å². The first-order valence-corrected chi connectivity index (χ1v) is 10.1. The molecule has 3 heterocycles. The second kappa shape index (κ2) is 9.23. The summed E-state index contributed by atoms with van der Waals surface area (Å²) >= 11 is 0. The number of anilines is 1. The number of nitrogens with zero attached hydrogens (tertiary/aromatic N) is 6. The lowest BCUT2D eigenvalue weighted by molar-refractivity contribution is -0.139. The van der Waals surface area contributed by atoms with E-state index in [-0.39, 0.29) is 24.8 Å². The van der Waals surface area contributed by atoms with Crippen molar-refractivity contribution >= 4 is 11.9 Å². The molecule has 10 heteroatoms. The van der Waals surface area contributed by atoms with Crippen LogP contribution in [-0.2, 0) is 16.1 Å². The van der Waals surface area contributed by atoms with E-state index < -0.39 is 11.8 Å². The summed E-state index contributed by atoms with van der Waals surface area (Å²) in [4.78, 5) is 40.9. The van der Waals surface area contributed by atoms with Crippen molar-refractivity contribution in [3.63, 3.8) is 0 Å². The monoisotopic (exact) mass is 438 g/mol. The normalized spacial score (nSPS) is 16.1. The Morgan fingerprint density at radius 2 is 2.03 bits per heavy atom. The van der Waals surface area contributed by atoms with Gasteiger partial charge < -0.3 is 14.5 Å². The maximum absolute atomic E-state index is 13.4. The Bertz CT molecular complexity index is 1160. The molecule has 9 nitrogen and oxygen atoms in total. The zero-order valence-electron chi connectivity index (χ0n) is 17.8. The number of hydrogen-bond acceptors (Lipinski definition) is 7. The molecule has 4 rings (SSSR count). The maximum Gasteiger partial charge on any atom is 0.347 e. The van der Waals surface area contributed by atoms with Crippen LogP contribution in [0.2, 0.25) is 0 Å². The van der Waals surface area contributed by atoms with E-state index in [0.29, 0.717) is 30.4 Å². The van der Waals surface area contributed by atoms with Gasteiger partial charge in [-0.1, -0.05) is 12.1 Å². The largest absolute Gasteiger partial charge is 0.368 e. The Morgan fingerprint density at radius 3 is 2.75 bits per heavy atom. The molecule has 1 amide bonds. The zero-order valence-corrected chi connectivity index (χ0v) is 17.8. The minimum Gasteiger partial charge on any atom is -0.368 e. The van der Waals surface area contributed by atoms with Gasteiger partial charge in [0.25, 0.3) is 0 Å². The SMILES string of the molecule is CN(C)c1ncc(-c2ccc(F)cc2)c([C@@H]2CN(C(=O)Cn3cccnc3=O)CCO2)n1. The lowest BCUT2D eigenvalue weighted by Crippen LogP contribution is -2.45. The molecule has 0 unspecified atom stereocenters. The summed E-state index contributed by atoms with van der Waals surface area (Å²) in [5.74, 6) is -0.0455. The van der Waals surface area contributed by atoms with E-state index in [1.807, 2.05) is 14.1 Å². The van der Waals surface area contributed by atoms with Crippen molar-refractivity contribution in [1.29, 1.82) is 0 Å². The Labute approximate surface area is 184 Å². The molecule has 1 aliphatic rings. The lowest BCUT2D eigenvalue weighted by Gasteiger charge is -2.33. The van der Waals surface area contributed by atoms with Crippen LogP contribution < -0.4 is 10.6 Å². The number of amides is 1. The minimum atomic E-state index is -0.500. The topological polar surface area (TPSA) is 93.5 Å². The number of benzene rings is 1. The smallest absolute Gasteiger partial charge is 0.347 e. The third-order valence-electron chi connectivity index (χ3n) is 5.17. The average molecular weight is 438 g/mol. The van der Waals surface area contributed by atoms with Crippen molar-refractivity contribution in [2.45, 2.75) is 12.6 Å². The standard InChI is InChI=1S/C22H23FN6O3/c1-27(2)21-25-12-17(15-4-6-16(23)7-5-15)20(26-21)18-13-28(10-11-32-18)19(30)14-29-9-3-8-24-22(29)31/h3-9,12,18H,10-11,13-14H2,1-2H3/t18-/m0/s1. The van der Waals surface area contributed by atoms with Gasteiger partial charge in [-0.25, -0.2) is 24.1 Å². The summed E-state index contributed by atoms with van der Waals surface area (Å²) in [7, 11) is 3.67. The second-order valence-electron chi connectivity index (χ2n) is 7.60. The summed E-state index contributed by atoms with van der Waals surface area (Å²) < 4.78 is 20.7. The van der Waals surface area contributed by atoms with E-state index in [9.17, 15) is 14.0 Å². The first-order chi connectivity index (χ1) is 15.4. The molecule has 166 valence electrons. The summed E-state index contributed by atoms with van der Waals surface area (Å²) in [6.07, 6.45) is 4.11. The predicted octanol–water partition coefficient (Wildman–Crippen LogP) is 1.51. The molecule has 32 heavy (non-hydrogen) atoms. The Balaban J connectivity index is 1.62. The first-order valence-electron chi connectivity index (χ1n) is 10.1. The molecule has 1 saturated heterocycles. The Morgan fingerprint density at radius 1 is 1.25 bits per heavy atom. The van der Waals surface area contributed by atoms with Gasteiger partial charge in [0.05, 0.1) is 18.8 Å². The molecule has 1 aromatic carbocycles. The third-order valence-corrected chi connectivity index (χ3v) is 5.17. The molecule has 0 bridgehead atoms. The van der Waals surface area contributed by atoms with Gasteiger partial charge in [0, 0.05) is 44.8 Å². The molecule has 3 aromatic rings. The molecule has 1 aliphatic heterocycles. The van der Waals surface area contributed by atoms with E-state index in [0.717, 1.165) is 5.56 Å². The number of ether oxygens (including phenoxy) is 1. The van der Waals surface area contributed by atoms with Gasteiger partial charge in [0.2, 0.25) is 11.9 Å². The number of morpholine rings is 1. The molecule has 0 aliphatic carbocycles. The van der Waals surface area contributed by atoms with E-state index in [1.54, 1.807) is 34.2 Å². The van der Waals surface area contributed by atoms with E-state index in [1.165, 1.54) is 29.1 Å². The number of hydrogen-bond donors (Lipinski definition) is 0. The van der Waals surface area contributed by atoms with Crippen LogP contribution in [0.1, 0.15) is 11.8 Å². The minimum absolute atomic E-state index is 0.100. The van der Waals surface area contributed by atoms with Crippen molar-refractivity contribution < 1.29 is 13.9 Å². The van der Waals surface area contributed by atoms with Crippen LogP contribution in [-0.4, -0.2) is 64.1 Å². The van der Waals surface area contributed by atoms with Gasteiger partial charge in [-0.3, -0.25) is 9.36 Å². The number of rotatable bonds is 5. The quantitative estimate of drug-likeness (QED) is 0.596. The van der Waals surface area contributed by atoms with Gasteiger partial charge >= 0.3 is 5.69 Å². The van der Waals surface area contributed by atoms with Crippen molar-refractivity contribution in [3.8, 4) is 11.1 Å². The summed E-state index contributed by atoms with van der Waals surface area (Å²) in [5.41, 5.74) is 1.60. The second-order valence-corrected chi connectivity index (χ2v) is 7.60. The van der Waals surface area contributed by atoms with Gasteiger partial charge in [0.1, 0.15) is 18.5 Å². The first kappa shape index (κ1) is 21.6. The van der Waals surface area contributed by atoms with Gasteiger partial charge in [-0.15, -0.1) is 0 Å². The van der Waals surface area contributed by atoms with Crippen molar-refractivity contribution in [3.05, 3.63) is 70.9 Å². The van der Waals surface area contributed by atoms with E-state index in [2.05, 4.69) is 15.0 Å². The van der Waals surface area contributed by atoms with Crippen LogP contribution in [0.4, 0.5) is 10.3 Å². The molecule has 1 atom stereocenters. The van der Waals surface area contributed by atoms with Crippen LogP contribution in [0.25, 0.3) is 11.1 Å². The van der Waals surface area contributed by atoms with Crippen molar-refractivity contribution in [1.82, 2.24) is 24.4 Å². The maximum atomic E-state index is 13.4. The van der Waals surface area contributed by atoms with Crippen LogP contribution in [0.15, 0.2) is 53.7 Å². The zero-order chi connectivity index (χ0) is 22.7. The molecular formula is C22H23FN6O3. The van der Waals surface area contributed by atoms with Crippen LogP contribution in [0, 0.1) is 5.82 Å². The number of carbonyl (C=O) groups excluding carboxylic acids is 1. The Hall–Kier alpha value is -3.66. The fourth-order valence-corrected chi connectivity index (χ4v) is 3.49. The molecular weight excluding hydrogens is 415 g/mol. The average Bonchev–Trinajstić information content (AvgIpc) is 2.81. The van der Waals surface area contributed by atoms with Gasteiger partial charge in [0.15, 0.2) is 0 Å². The van der Waals surface area contributed by atoms with Gasteiger partial charge in [-0.2, -0.15) is 0 Å². The highest BCUT2D eigenvalue weighted by Crippen LogP contribution is 2.31. The van der Waals surface area contributed by atoms with Crippen LogP contribution in [0.3, 0.4) is 0 Å². The highest BCUT2D eigenvalue weighted by Gasteiger charge is 2.29. The molecule has 2 aromatic heterocycles. The highest BCUT2D eigenvalue weighted by atomic mass is 19.1. The fourth-order valence-electron chi connectivity index (χ4n) is 3.49. The van der Waals surface area contributed by atoms with E-state index in [4.69, 9.17) is 4.74 Å². The fraction of sp³-hybridized carbons (Fsp3) is 0.318. The lowest BCUT2D eigenvalue weighted by atomic mass is 10.0. The summed E-state index contributed by atoms with van der Waals surface area (Å²) in [5, 5.41) is 0.